The minimum atomic E-state index is 0.636. The zero-order valence-corrected chi connectivity index (χ0v) is 10.9. The Hall–Kier alpha value is -1.72. The van der Waals surface area contributed by atoms with E-state index in [0.29, 0.717) is 6.54 Å². The molecule has 0 bridgehead atoms. The van der Waals surface area contributed by atoms with Crippen molar-refractivity contribution < 1.29 is 0 Å². The monoisotopic (exact) mass is 258 g/mol. The van der Waals surface area contributed by atoms with Crippen LogP contribution < -0.4 is 5.73 Å². The molecule has 2 heterocycles. The van der Waals surface area contributed by atoms with E-state index >= 15 is 0 Å². The molecule has 0 aliphatic heterocycles. The van der Waals surface area contributed by atoms with Crippen LogP contribution in [-0.2, 0) is 6.42 Å². The number of aromatic nitrogens is 3. The fraction of sp³-hybridized carbons (Fsp3) is 0.231. The Morgan fingerprint density at radius 1 is 1.33 bits per heavy atom. The van der Waals surface area contributed by atoms with E-state index in [1.807, 2.05) is 6.07 Å². The van der Waals surface area contributed by atoms with Crippen molar-refractivity contribution in [2.75, 3.05) is 6.54 Å². The zero-order chi connectivity index (χ0) is 12.5. The van der Waals surface area contributed by atoms with Gasteiger partial charge in [0.2, 0.25) is 4.96 Å². The van der Waals surface area contributed by atoms with E-state index in [0.717, 1.165) is 22.8 Å². The van der Waals surface area contributed by atoms with Crippen LogP contribution in [0.5, 0.6) is 0 Å². The van der Waals surface area contributed by atoms with Crippen LogP contribution >= 0.6 is 11.3 Å². The first-order chi connectivity index (χ1) is 8.79. The van der Waals surface area contributed by atoms with Gasteiger partial charge < -0.3 is 5.73 Å². The highest BCUT2D eigenvalue weighted by atomic mass is 32.1. The van der Waals surface area contributed by atoms with Crippen LogP contribution in [0.3, 0.4) is 0 Å². The van der Waals surface area contributed by atoms with Gasteiger partial charge in [-0.1, -0.05) is 23.8 Å². The van der Waals surface area contributed by atoms with Crippen LogP contribution in [0.2, 0.25) is 0 Å². The lowest BCUT2D eigenvalue weighted by Crippen LogP contribution is -2.05. The molecule has 0 amide bonds. The molecule has 2 aromatic heterocycles. The maximum absolute atomic E-state index is 5.64. The molecule has 2 N–H and O–H groups in total. The Bertz CT molecular complexity index is 683. The Labute approximate surface area is 109 Å². The molecule has 0 saturated heterocycles. The third-order valence-electron chi connectivity index (χ3n) is 2.90. The average Bonchev–Trinajstić information content (AvgIpc) is 2.92. The summed E-state index contributed by atoms with van der Waals surface area (Å²) in [5.41, 5.74) is 9.14. The molecular weight excluding hydrogens is 244 g/mol. The van der Waals surface area contributed by atoms with Crippen molar-refractivity contribution >= 4 is 16.3 Å². The van der Waals surface area contributed by atoms with E-state index in [2.05, 4.69) is 45.1 Å². The molecule has 0 atom stereocenters. The summed E-state index contributed by atoms with van der Waals surface area (Å²) in [5.74, 6) is 0.901. The van der Waals surface area contributed by atoms with E-state index in [9.17, 15) is 0 Å². The Balaban J connectivity index is 2.19. The number of rotatable bonds is 3. The topological polar surface area (TPSA) is 56.2 Å². The molecule has 92 valence electrons. The number of nitrogens with zero attached hydrogens (tertiary/aromatic N) is 3. The fourth-order valence-electron chi connectivity index (χ4n) is 2.07. The van der Waals surface area contributed by atoms with Crippen molar-refractivity contribution in [3.05, 3.63) is 40.9 Å². The second-order valence-electron chi connectivity index (χ2n) is 4.28. The van der Waals surface area contributed by atoms with Crippen LogP contribution in [-0.4, -0.2) is 21.1 Å². The van der Waals surface area contributed by atoms with Gasteiger partial charge in [0.1, 0.15) is 0 Å². The second-order valence-corrected chi connectivity index (χ2v) is 5.11. The number of nitrogens with two attached hydrogens (primary N) is 1. The summed E-state index contributed by atoms with van der Waals surface area (Å²) in [6, 6.07) is 8.31. The van der Waals surface area contributed by atoms with Gasteiger partial charge in [0.15, 0.2) is 5.82 Å². The van der Waals surface area contributed by atoms with Crippen LogP contribution in [0.4, 0.5) is 0 Å². The third-order valence-corrected chi connectivity index (χ3v) is 3.76. The van der Waals surface area contributed by atoms with Gasteiger partial charge in [-0.15, -0.1) is 21.5 Å². The summed E-state index contributed by atoms with van der Waals surface area (Å²) in [7, 11) is 0. The van der Waals surface area contributed by atoms with Crippen LogP contribution in [0, 0.1) is 6.92 Å². The predicted octanol–water partition coefficient (Wildman–Crippen LogP) is 2.27. The predicted molar refractivity (Wildman–Crippen MR) is 73.8 cm³/mol. The number of hydrogen-bond donors (Lipinski definition) is 1. The van der Waals surface area contributed by atoms with Gasteiger partial charge in [-0.2, -0.15) is 0 Å². The van der Waals surface area contributed by atoms with Gasteiger partial charge in [-0.3, -0.25) is 4.40 Å². The van der Waals surface area contributed by atoms with Gasteiger partial charge in [0.25, 0.3) is 0 Å². The highest BCUT2D eigenvalue weighted by Gasteiger charge is 2.12. The summed E-state index contributed by atoms with van der Waals surface area (Å²) in [6.07, 6.45) is 0.844. The van der Waals surface area contributed by atoms with Gasteiger partial charge in [-0.05, 0) is 19.5 Å². The first kappa shape index (κ1) is 11.4. The average molecular weight is 258 g/mol. The lowest BCUT2D eigenvalue weighted by molar-refractivity contribution is 0.907. The Kier molecular flexibility index (Phi) is 2.85. The highest BCUT2D eigenvalue weighted by Crippen LogP contribution is 2.24. The molecule has 0 spiro atoms. The number of benzene rings is 1. The molecule has 0 aliphatic rings. The normalized spacial score (nSPS) is 11.2. The zero-order valence-electron chi connectivity index (χ0n) is 10.1. The summed E-state index contributed by atoms with van der Waals surface area (Å²) >= 11 is 1.61. The quantitative estimate of drug-likeness (QED) is 0.784. The summed E-state index contributed by atoms with van der Waals surface area (Å²) in [6.45, 7) is 2.72. The first-order valence-electron chi connectivity index (χ1n) is 5.88. The molecule has 0 aliphatic carbocycles. The molecule has 3 aromatic rings. The van der Waals surface area contributed by atoms with Crippen molar-refractivity contribution in [2.45, 2.75) is 13.3 Å². The van der Waals surface area contributed by atoms with Crippen molar-refractivity contribution in [1.29, 1.82) is 0 Å². The lowest BCUT2D eigenvalue weighted by Gasteiger charge is -2.02. The summed E-state index contributed by atoms with van der Waals surface area (Å²) < 4.78 is 2.10. The van der Waals surface area contributed by atoms with Crippen LogP contribution in [0.15, 0.2) is 29.6 Å². The standard InChI is InChI=1S/C13H14N4S/c1-9-3-2-4-10(7-9)12-15-16-13-17(12)11(5-6-14)8-18-13/h2-4,7-8H,5-6,14H2,1H3. The van der Waals surface area contributed by atoms with E-state index in [-0.39, 0.29) is 0 Å². The maximum Gasteiger partial charge on any atom is 0.216 e. The van der Waals surface area contributed by atoms with Gasteiger partial charge in [-0.25, -0.2) is 0 Å². The summed E-state index contributed by atoms with van der Waals surface area (Å²) in [4.78, 5) is 0.926. The molecule has 5 heteroatoms. The minimum absolute atomic E-state index is 0.636. The van der Waals surface area contributed by atoms with Gasteiger partial charge >= 0.3 is 0 Å². The number of thiazole rings is 1. The molecule has 1 aromatic carbocycles. The largest absolute Gasteiger partial charge is 0.330 e. The fourth-order valence-corrected chi connectivity index (χ4v) is 2.93. The number of hydrogen-bond acceptors (Lipinski definition) is 4. The van der Waals surface area contributed by atoms with Gasteiger partial charge in [0, 0.05) is 23.1 Å². The summed E-state index contributed by atoms with van der Waals surface area (Å²) in [5, 5.41) is 10.6. The minimum Gasteiger partial charge on any atom is -0.330 e. The molecule has 0 unspecified atom stereocenters. The van der Waals surface area contributed by atoms with E-state index in [1.54, 1.807) is 11.3 Å². The van der Waals surface area contributed by atoms with Crippen molar-refractivity contribution in [3.8, 4) is 11.4 Å². The molecule has 0 radical (unpaired) electrons. The molecular formula is C13H14N4S. The lowest BCUT2D eigenvalue weighted by atomic mass is 10.1. The van der Waals surface area contributed by atoms with E-state index in [4.69, 9.17) is 5.73 Å². The van der Waals surface area contributed by atoms with Gasteiger partial charge in [0.05, 0.1) is 0 Å². The van der Waals surface area contributed by atoms with Crippen LogP contribution in [0.1, 0.15) is 11.3 Å². The molecule has 3 rings (SSSR count). The van der Waals surface area contributed by atoms with Crippen molar-refractivity contribution in [3.63, 3.8) is 0 Å². The molecule has 0 saturated carbocycles. The van der Waals surface area contributed by atoms with E-state index < -0.39 is 0 Å². The van der Waals surface area contributed by atoms with Crippen molar-refractivity contribution in [2.24, 2.45) is 5.73 Å². The number of fused-ring (bicyclic) bond motifs is 1. The Morgan fingerprint density at radius 2 is 2.22 bits per heavy atom. The van der Waals surface area contributed by atoms with Crippen LogP contribution in [0.25, 0.3) is 16.3 Å². The first-order valence-corrected chi connectivity index (χ1v) is 6.76. The SMILES string of the molecule is Cc1cccc(-c2nnc3scc(CCN)n23)c1. The van der Waals surface area contributed by atoms with Crippen molar-refractivity contribution in [1.82, 2.24) is 14.6 Å². The smallest absolute Gasteiger partial charge is 0.216 e. The molecule has 18 heavy (non-hydrogen) atoms. The Morgan fingerprint density at radius 3 is 3.00 bits per heavy atom. The molecule has 0 fully saturated rings. The third kappa shape index (κ3) is 1.81. The number of aryl methyl sites for hydroxylation is 1. The maximum atomic E-state index is 5.64. The molecule has 4 nitrogen and oxygen atoms in total. The second kappa shape index (κ2) is 4.51. The highest BCUT2D eigenvalue weighted by molar-refractivity contribution is 7.15. The van der Waals surface area contributed by atoms with E-state index in [1.165, 1.54) is 11.3 Å².